The molecule has 3 aliphatic rings. The van der Waals surface area contributed by atoms with Crippen LogP contribution in [0.1, 0.15) is 60.3 Å². The second-order valence-electron chi connectivity index (χ2n) is 11.5. The molecule has 0 spiro atoms. The average molecular weight is 587 g/mol. The zero-order valence-corrected chi connectivity index (χ0v) is 24.1. The van der Waals surface area contributed by atoms with Crippen LogP contribution >= 0.6 is 0 Å². The number of nitrogens with zero attached hydrogens (tertiary/aromatic N) is 2. The van der Waals surface area contributed by atoms with Crippen molar-refractivity contribution in [3.05, 3.63) is 77.2 Å². The van der Waals surface area contributed by atoms with Crippen molar-refractivity contribution >= 4 is 34.7 Å². The molecule has 1 saturated carbocycles. The average Bonchev–Trinajstić information content (AvgIpc) is 3.68. The van der Waals surface area contributed by atoms with Crippen LogP contribution in [0.5, 0.6) is 5.75 Å². The van der Waals surface area contributed by atoms with Gasteiger partial charge in [0.05, 0.1) is 31.3 Å². The number of rotatable bonds is 10. The highest BCUT2D eigenvalue weighted by Crippen LogP contribution is 2.33. The fourth-order valence-electron chi connectivity index (χ4n) is 5.45. The van der Waals surface area contributed by atoms with Crippen LogP contribution in [0.15, 0.2) is 54.6 Å². The zero-order valence-electron chi connectivity index (χ0n) is 24.1. The molecule has 224 valence electrons. The van der Waals surface area contributed by atoms with Crippen LogP contribution in [0.3, 0.4) is 0 Å². The summed E-state index contributed by atoms with van der Waals surface area (Å²) in [7, 11) is 0. The van der Waals surface area contributed by atoms with E-state index in [4.69, 9.17) is 9.47 Å². The van der Waals surface area contributed by atoms with Crippen molar-refractivity contribution in [1.29, 1.82) is 0 Å². The minimum absolute atomic E-state index is 0.0331. The number of hydrogen-bond acceptors (Lipinski definition) is 6. The van der Waals surface area contributed by atoms with Crippen LogP contribution in [-0.4, -0.2) is 66.1 Å². The Hall–Kier alpha value is -4.31. The predicted octanol–water partition coefficient (Wildman–Crippen LogP) is 4.17. The molecule has 0 radical (unpaired) electrons. The maximum absolute atomic E-state index is 13.5. The molecule has 2 aliphatic heterocycles. The summed E-state index contributed by atoms with van der Waals surface area (Å²) in [6.07, 6.45) is 8.00. The lowest BCUT2D eigenvalue weighted by Gasteiger charge is -2.28. The molecule has 1 aliphatic carbocycles. The van der Waals surface area contributed by atoms with Crippen molar-refractivity contribution in [2.75, 3.05) is 26.3 Å². The highest BCUT2D eigenvalue weighted by atomic mass is 19.1. The van der Waals surface area contributed by atoms with Gasteiger partial charge in [-0.05, 0) is 86.1 Å². The molecule has 2 saturated heterocycles. The lowest BCUT2D eigenvalue weighted by atomic mass is 9.99. The van der Waals surface area contributed by atoms with Gasteiger partial charge in [0.25, 0.3) is 5.91 Å². The van der Waals surface area contributed by atoms with Gasteiger partial charge in [-0.2, -0.15) is 0 Å². The summed E-state index contributed by atoms with van der Waals surface area (Å²) in [6.45, 7) is 3.24. The molecule has 2 N–H and O–H groups in total. The molecular weight excluding hydrogens is 551 g/mol. The molecule has 43 heavy (non-hydrogen) atoms. The highest BCUT2D eigenvalue weighted by Gasteiger charge is 2.35. The van der Waals surface area contributed by atoms with E-state index >= 15 is 0 Å². The largest absolute Gasteiger partial charge is 0.486 e. The first kappa shape index (κ1) is 28.8. The second kappa shape index (κ2) is 12.5. The number of pyridine rings is 1. The summed E-state index contributed by atoms with van der Waals surface area (Å²) in [4.78, 5) is 45.1. The van der Waals surface area contributed by atoms with Crippen molar-refractivity contribution < 1.29 is 28.2 Å². The topological polar surface area (TPSA) is 110 Å². The molecule has 3 amide bonds. The maximum atomic E-state index is 13.5. The van der Waals surface area contributed by atoms with Gasteiger partial charge in [-0.1, -0.05) is 24.3 Å². The molecule has 0 bridgehead atoms. The summed E-state index contributed by atoms with van der Waals surface area (Å²) in [5.41, 5.74) is 2.56. The van der Waals surface area contributed by atoms with Gasteiger partial charge in [-0.25, -0.2) is 9.37 Å². The summed E-state index contributed by atoms with van der Waals surface area (Å²) in [5.74, 6) is -0.133. The fourth-order valence-corrected chi connectivity index (χ4v) is 5.45. The van der Waals surface area contributed by atoms with E-state index in [1.54, 1.807) is 6.07 Å². The molecule has 3 fully saturated rings. The Morgan fingerprint density at radius 3 is 2.72 bits per heavy atom. The van der Waals surface area contributed by atoms with Crippen molar-refractivity contribution in [2.45, 2.75) is 50.8 Å². The van der Waals surface area contributed by atoms with Crippen LogP contribution in [0.4, 0.5) is 4.39 Å². The van der Waals surface area contributed by atoms with E-state index < -0.39 is 11.9 Å². The summed E-state index contributed by atoms with van der Waals surface area (Å²) >= 11 is 0. The Labute approximate surface area is 249 Å². The van der Waals surface area contributed by atoms with E-state index in [1.807, 2.05) is 25.1 Å². The number of amides is 3. The minimum Gasteiger partial charge on any atom is -0.486 e. The Bertz CT molecular complexity index is 1570. The van der Waals surface area contributed by atoms with Crippen LogP contribution in [-0.2, 0) is 14.3 Å². The Morgan fingerprint density at radius 1 is 1.12 bits per heavy atom. The number of nitrogens with one attached hydrogen (secondary N) is 2. The molecule has 10 heteroatoms. The van der Waals surface area contributed by atoms with E-state index in [9.17, 15) is 18.8 Å². The number of ether oxygens (including phenoxy) is 2. The van der Waals surface area contributed by atoms with E-state index in [0.717, 1.165) is 16.9 Å². The van der Waals surface area contributed by atoms with Crippen molar-refractivity contribution in [2.24, 2.45) is 5.92 Å². The molecule has 1 aromatic heterocycles. The monoisotopic (exact) mass is 586 g/mol. The normalized spacial score (nSPS) is 19.3. The number of carbonyl (C=O) groups excluding carboxylic acids is 3. The molecular formula is C33H35FN4O5. The van der Waals surface area contributed by atoms with Crippen molar-refractivity contribution in [3.8, 4) is 5.75 Å². The summed E-state index contributed by atoms with van der Waals surface area (Å²) in [5, 5.41) is 6.31. The van der Waals surface area contributed by atoms with Crippen molar-refractivity contribution in [3.63, 3.8) is 0 Å². The SMILES string of the molecule is C[C@H](NC(=O)C1CCCN1C(=O)CNC(=O)c1ccc2cc(F)ccc2n1)c1cc(OC2COC2)ccc1/C=C/C1CC1. The molecule has 2 atom stereocenters. The third kappa shape index (κ3) is 6.85. The number of aromatic nitrogens is 1. The van der Waals surface area contributed by atoms with E-state index in [-0.39, 0.29) is 42.0 Å². The van der Waals surface area contributed by atoms with Gasteiger partial charge in [0.15, 0.2) is 0 Å². The molecule has 1 unspecified atom stereocenters. The van der Waals surface area contributed by atoms with E-state index in [1.165, 1.54) is 42.0 Å². The second-order valence-corrected chi connectivity index (χ2v) is 11.5. The van der Waals surface area contributed by atoms with Gasteiger partial charge >= 0.3 is 0 Å². The maximum Gasteiger partial charge on any atom is 0.270 e. The minimum atomic E-state index is -0.627. The fraction of sp³-hybridized carbons (Fsp3) is 0.394. The van der Waals surface area contributed by atoms with Gasteiger partial charge in [0.2, 0.25) is 11.8 Å². The number of carbonyl (C=O) groups is 3. The quantitative estimate of drug-likeness (QED) is 0.369. The Balaban J connectivity index is 1.08. The third-order valence-electron chi connectivity index (χ3n) is 8.12. The summed E-state index contributed by atoms with van der Waals surface area (Å²) in [6, 6.07) is 12.2. The van der Waals surface area contributed by atoms with Crippen LogP contribution in [0.2, 0.25) is 0 Å². The number of likely N-dealkylation sites (tertiary alicyclic amines) is 1. The number of halogens is 1. The lowest BCUT2D eigenvalue weighted by molar-refractivity contribution is -0.137. The van der Waals surface area contributed by atoms with E-state index in [0.29, 0.717) is 49.4 Å². The van der Waals surface area contributed by atoms with Crippen LogP contribution < -0.4 is 15.4 Å². The van der Waals surface area contributed by atoms with Crippen LogP contribution in [0, 0.1) is 11.7 Å². The van der Waals surface area contributed by atoms with Crippen LogP contribution in [0.25, 0.3) is 17.0 Å². The molecule has 3 aromatic rings. The molecule has 6 rings (SSSR count). The first-order valence-corrected chi connectivity index (χ1v) is 14.8. The third-order valence-corrected chi connectivity index (χ3v) is 8.12. The first-order chi connectivity index (χ1) is 20.8. The van der Waals surface area contributed by atoms with Gasteiger partial charge < -0.3 is 25.0 Å². The predicted molar refractivity (Wildman–Crippen MR) is 159 cm³/mol. The van der Waals surface area contributed by atoms with Gasteiger partial charge in [-0.3, -0.25) is 14.4 Å². The number of allylic oxidation sites excluding steroid dienone is 1. The van der Waals surface area contributed by atoms with Gasteiger partial charge in [0.1, 0.15) is 29.4 Å². The number of fused-ring (bicyclic) bond motifs is 1. The highest BCUT2D eigenvalue weighted by molar-refractivity contribution is 5.97. The number of hydrogen-bond donors (Lipinski definition) is 2. The zero-order chi connectivity index (χ0) is 29.9. The molecule has 9 nitrogen and oxygen atoms in total. The lowest BCUT2D eigenvalue weighted by Crippen LogP contribution is -2.49. The molecule has 3 heterocycles. The first-order valence-electron chi connectivity index (χ1n) is 14.8. The van der Waals surface area contributed by atoms with E-state index in [2.05, 4.69) is 27.8 Å². The van der Waals surface area contributed by atoms with Gasteiger partial charge in [-0.15, -0.1) is 0 Å². The smallest absolute Gasteiger partial charge is 0.270 e. The summed E-state index contributed by atoms with van der Waals surface area (Å²) < 4.78 is 24.7. The Kier molecular flexibility index (Phi) is 8.38. The van der Waals surface area contributed by atoms with Gasteiger partial charge in [0, 0.05) is 11.9 Å². The standard InChI is InChI=1S/C33H35FN4O5/c1-20(27-16-25(43-26-18-42-19-26)11-8-22(27)7-6-21-4-5-21)36-33(41)30-3-2-14-38(30)31(39)17-35-32(40)29-12-9-23-15-24(34)10-13-28(23)37-29/h6-13,15-16,20-21,26,30H,2-5,14,17-19H2,1H3,(H,35,40)(H,36,41)/b7-6+/t20-,30?/m0/s1. The number of benzene rings is 2. The molecule has 2 aromatic carbocycles. The van der Waals surface area contributed by atoms with Crippen molar-refractivity contribution in [1.82, 2.24) is 20.5 Å². The Morgan fingerprint density at radius 2 is 1.95 bits per heavy atom.